The molecular formula is C17H12FN3O5S. The molecule has 1 fully saturated rings. The number of anilines is 1. The highest BCUT2D eigenvalue weighted by molar-refractivity contribution is 7.92. The monoisotopic (exact) mass is 389 g/mol. The highest BCUT2D eigenvalue weighted by Crippen LogP contribution is 2.39. The van der Waals surface area contributed by atoms with Crippen molar-refractivity contribution in [1.29, 1.82) is 0 Å². The topological polar surface area (TPSA) is 113 Å². The molecule has 1 aromatic heterocycles. The summed E-state index contributed by atoms with van der Waals surface area (Å²) in [6, 6.07) is 12.9. The summed E-state index contributed by atoms with van der Waals surface area (Å²) in [7, 11) is -4.28. The lowest BCUT2D eigenvalue weighted by molar-refractivity contribution is -0.117. The van der Waals surface area contributed by atoms with Crippen LogP contribution in [0.4, 0.5) is 10.1 Å². The van der Waals surface area contributed by atoms with Crippen molar-refractivity contribution < 1.29 is 27.2 Å². The van der Waals surface area contributed by atoms with E-state index in [9.17, 15) is 18.3 Å². The number of carbonyl (C=O) groups excluding carboxylic acids is 1. The fraction of sp³-hybridized carbons (Fsp3) is 0.0588. The Morgan fingerprint density at radius 2 is 1.93 bits per heavy atom. The first-order chi connectivity index (χ1) is 12.9. The van der Waals surface area contributed by atoms with Gasteiger partial charge in [0, 0.05) is 11.6 Å². The molecule has 2 N–H and O–H groups in total. The first kappa shape index (κ1) is 17.0. The number of halogens is 1. The summed E-state index contributed by atoms with van der Waals surface area (Å²) in [5, 5.41) is 13.9. The average Bonchev–Trinajstić information content (AvgIpc) is 3.20. The molecular weight excluding hydrogens is 377 g/mol. The number of aromatic hydroxyl groups is 1. The zero-order valence-corrected chi connectivity index (χ0v) is 14.4. The predicted molar refractivity (Wildman–Crippen MR) is 93.4 cm³/mol. The number of nitrogens with one attached hydrogen (secondary N) is 1. The molecule has 1 saturated heterocycles. The quantitative estimate of drug-likeness (QED) is 0.709. The van der Waals surface area contributed by atoms with Crippen LogP contribution < -0.4 is 9.03 Å². The van der Waals surface area contributed by atoms with Gasteiger partial charge in [-0.3, -0.25) is 4.79 Å². The van der Waals surface area contributed by atoms with E-state index in [4.69, 9.17) is 4.52 Å². The van der Waals surface area contributed by atoms with E-state index < -0.39 is 39.9 Å². The van der Waals surface area contributed by atoms with Crippen molar-refractivity contribution in [3.63, 3.8) is 0 Å². The van der Waals surface area contributed by atoms with Crippen LogP contribution in [0.2, 0.25) is 0 Å². The van der Waals surface area contributed by atoms with Crippen LogP contribution in [0, 0.1) is 5.82 Å². The molecule has 0 saturated carbocycles. The third-order valence-electron chi connectivity index (χ3n) is 4.01. The van der Waals surface area contributed by atoms with Gasteiger partial charge in [0.05, 0.1) is 5.56 Å². The van der Waals surface area contributed by atoms with Gasteiger partial charge in [-0.25, -0.2) is 13.4 Å². The van der Waals surface area contributed by atoms with Crippen LogP contribution in [0.25, 0.3) is 22.6 Å². The molecule has 0 unspecified atom stereocenters. The summed E-state index contributed by atoms with van der Waals surface area (Å²) < 4.78 is 46.4. The number of nitrogens with zero attached hydrogens (tertiary/aromatic N) is 2. The molecule has 8 nitrogen and oxygen atoms in total. The van der Waals surface area contributed by atoms with Crippen LogP contribution in [0.15, 0.2) is 53.1 Å². The van der Waals surface area contributed by atoms with Crippen molar-refractivity contribution in [1.82, 2.24) is 9.88 Å². The number of carbonyl (C=O) groups is 1. The molecule has 0 spiro atoms. The normalized spacial score (nSPS) is 15.7. The minimum absolute atomic E-state index is 0.0449. The summed E-state index contributed by atoms with van der Waals surface area (Å²) >= 11 is 0. The Morgan fingerprint density at radius 1 is 1.19 bits per heavy atom. The number of benzene rings is 2. The maximum absolute atomic E-state index is 15.1. The van der Waals surface area contributed by atoms with Crippen LogP contribution in [0.1, 0.15) is 0 Å². The molecule has 2 heterocycles. The molecule has 0 atom stereocenters. The fourth-order valence-corrected chi connectivity index (χ4v) is 3.94. The minimum Gasteiger partial charge on any atom is -0.506 e. The SMILES string of the molecule is O=C1CN(c2c(O)ccc(-c3cc(-c4ccccc4)no3)c2F)S(=O)(=O)N1. The lowest BCUT2D eigenvalue weighted by Crippen LogP contribution is -2.30. The van der Waals surface area contributed by atoms with Gasteiger partial charge in [-0.15, -0.1) is 0 Å². The summed E-state index contributed by atoms with van der Waals surface area (Å²) in [5.74, 6) is -2.46. The Hall–Kier alpha value is -3.40. The van der Waals surface area contributed by atoms with E-state index in [1.54, 1.807) is 16.9 Å². The van der Waals surface area contributed by atoms with E-state index >= 15 is 4.39 Å². The summed E-state index contributed by atoms with van der Waals surface area (Å²) in [5.41, 5.74) is 0.477. The lowest BCUT2D eigenvalue weighted by Gasteiger charge is -2.17. The number of phenols is 1. The lowest BCUT2D eigenvalue weighted by atomic mass is 10.1. The van der Waals surface area contributed by atoms with Gasteiger partial charge in [-0.1, -0.05) is 35.5 Å². The van der Waals surface area contributed by atoms with Crippen LogP contribution in [0.5, 0.6) is 5.75 Å². The molecule has 1 aliphatic heterocycles. The van der Waals surface area contributed by atoms with Crippen molar-refractivity contribution in [2.75, 3.05) is 10.8 Å². The van der Waals surface area contributed by atoms with E-state index in [1.807, 2.05) is 18.2 Å². The molecule has 4 rings (SSSR count). The van der Waals surface area contributed by atoms with Gasteiger partial charge in [-0.05, 0) is 12.1 Å². The smallest absolute Gasteiger partial charge is 0.326 e. The Morgan fingerprint density at radius 3 is 2.59 bits per heavy atom. The third-order valence-corrected chi connectivity index (χ3v) is 5.39. The van der Waals surface area contributed by atoms with Crippen molar-refractivity contribution in [3.05, 3.63) is 54.3 Å². The van der Waals surface area contributed by atoms with Crippen LogP contribution >= 0.6 is 0 Å². The molecule has 0 bridgehead atoms. The number of rotatable bonds is 3. The van der Waals surface area contributed by atoms with Gasteiger partial charge in [0.1, 0.15) is 23.7 Å². The molecule has 27 heavy (non-hydrogen) atoms. The van der Waals surface area contributed by atoms with Crippen molar-refractivity contribution in [2.24, 2.45) is 0 Å². The third kappa shape index (κ3) is 2.89. The standard InChI is InChI=1S/C17H12FN3O5S/c18-16-11(14-8-12(19-26-14)10-4-2-1-3-5-10)6-7-13(22)17(16)21-9-15(23)20-27(21,24)25/h1-8,22H,9H2,(H,20,23). The molecule has 1 amide bonds. The molecule has 1 aliphatic rings. The Bertz CT molecular complexity index is 1140. The second-order valence-electron chi connectivity index (χ2n) is 5.77. The summed E-state index contributed by atoms with van der Waals surface area (Å²) in [6.45, 7) is -0.637. The second kappa shape index (κ2) is 6.09. The fourth-order valence-electron chi connectivity index (χ4n) is 2.77. The predicted octanol–water partition coefficient (Wildman–Crippen LogP) is 2.03. The van der Waals surface area contributed by atoms with Crippen molar-refractivity contribution >= 4 is 21.8 Å². The number of phenolic OH excluding ortho intramolecular Hbond substituents is 1. The van der Waals surface area contributed by atoms with Crippen molar-refractivity contribution in [2.45, 2.75) is 0 Å². The summed E-state index contributed by atoms with van der Waals surface area (Å²) in [6.07, 6.45) is 0. The van der Waals surface area contributed by atoms with E-state index in [-0.39, 0.29) is 11.3 Å². The number of amides is 1. The Labute approximate surface area is 153 Å². The van der Waals surface area contributed by atoms with Gasteiger partial charge in [0.25, 0.3) is 5.91 Å². The van der Waals surface area contributed by atoms with E-state index in [0.717, 1.165) is 11.6 Å². The second-order valence-corrected chi connectivity index (χ2v) is 7.37. The minimum atomic E-state index is -4.28. The Kier molecular flexibility index (Phi) is 3.84. The van der Waals surface area contributed by atoms with Crippen molar-refractivity contribution in [3.8, 4) is 28.3 Å². The van der Waals surface area contributed by atoms with Gasteiger partial charge >= 0.3 is 10.2 Å². The molecule has 138 valence electrons. The zero-order chi connectivity index (χ0) is 19.2. The molecule has 0 aliphatic carbocycles. The van der Waals surface area contributed by atoms with Crippen LogP contribution in [-0.2, 0) is 15.0 Å². The van der Waals surface area contributed by atoms with Crippen LogP contribution in [-0.4, -0.2) is 31.1 Å². The maximum Gasteiger partial charge on any atom is 0.326 e. The number of aromatic nitrogens is 1. The largest absolute Gasteiger partial charge is 0.506 e. The molecule has 3 aromatic rings. The maximum atomic E-state index is 15.1. The van der Waals surface area contributed by atoms with E-state index in [2.05, 4.69) is 5.16 Å². The Balaban J connectivity index is 1.80. The van der Waals surface area contributed by atoms with Gasteiger partial charge < -0.3 is 9.63 Å². The first-order valence-electron chi connectivity index (χ1n) is 7.74. The van der Waals surface area contributed by atoms with E-state index in [0.29, 0.717) is 10.00 Å². The highest BCUT2D eigenvalue weighted by Gasteiger charge is 2.38. The molecule has 2 aromatic carbocycles. The molecule has 10 heteroatoms. The van der Waals surface area contributed by atoms with Gasteiger partial charge in [-0.2, -0.15) is 8.42 Å². The summed E-state index contributed by atoms with van der Waals surface area (Å²) in [4.78, 5) is 11.4. The first-order valence-corrected chi connectivity index (χ1v) is 9.18. The zero-order valence-electron chi connectivity index (χ0n) is 13.6. The number of hydrogen-bond acceptors (Lipinski definition) is 6. The number of hydrogen-bond donors (Lipinski definition) is 2. The van der Waals surface area contributed by atoms with Crippen LogP contribution in [0.3, 0.4) is 0 Å². The van der Waals surface area contributed by atoms with Gasteiger partial charge in [0.15, 0.2) is 11.6 Å². The molecule has 0 radical (unpaired) electrons. The van der Waals surface area contributed by atoms with Gasteiger partial charge in [0.2, 0.25) is 0 Å². The average molecular weight is 389 g/mol. The highest BCUT2D eigenvalue weighted by atomic mass is 32.2. The van der Waals surface area contributed by atoms with E-state index in [1.165, 1.54) is 12.1 Å².